The summed E-state index contributed by atoms with van der Waals surface area (Å²) in [6.07, 6.45) is 2.21. The van der Waals surface area contributed by atoms with Gasteiger partial charge in [0.05, 0.1) is 11.9 Å². The van der Waals surface area contributed by atoms with Crippen LogP contribution >= 0.6 is 0 Å². The van der Waals surface area contributed by atoms with E-state index < -0.39 is 24.5 Å². The number of carbonyl (C=O) groups is 3. The third-order valence-electron chi connectivity index (χ3n) is 4.97. The standard InChI is InChI=1S/C22H20N4O5/c27-20(23-10-21(28)29)12-26-11-14(9-24-26)25-22(30)31-13-19-17-7-3-1-5-15(17)16-6-2-4-8-18(16)19/h1-9,11,19H,10,12-13H2,(H,23,27)(H,25,30)(H,28,29). The van der Waals surface area contributed by atoms with E-state index in [1.54, 1.807) is 0 Å². The number of carboxylic acid groups (broad SMARTS) is 1. The van der Waals surface area contributed by atoms with Gasteiger partial charge in [-0.15, -0.1) is 0 Å². The topological polar surface area (TPSA) is 123 Å². The lowest BCUT2D eigenvalue weighted by molar-refractivity contribution is -0.138. The molecule has 31 heavy (non-hydrogen) atoms. The van der Waals surface area contributed by atoms with Crippen LogP contribution in [-0.2, 0) is 20.9 Å². The largest absolute Gasteiger partial charge is 0.480 e. The van der Waals surface area contributed by atoms with Gasteiger partial charge in [-0.2, -0.15) is 5.10 Å². The van der Waals surface area contributed by atoms with E-state index in [0.29, 0.717) is 5.69 Å². The van der Waals surface area contributed by atoms with Gasteiger partial charge in [-0.25, -0.2) is 4.79 Å². The fourth-order valence-electron chi connectivity index (χ4n) is 3.64. The van der Waals surface area contributed by atoms with E-state index in [9.17, 15) is 14.4 Å². The summed E-state index contributed by atoms with van der Waals surface area (Å²) in [7, 11) is 0. The summed E-state index contributed by atoms with van der Waals surface area (Å²) in [5.41, 5.74) is 4.90. The van der Waals surface area contributed by atoms with Crippen LogP contribution in [0.5, 0.6) is 0 Å². The number of benzene rings is 2. The highest BCUT2D eigenvalue weighted by Crippen LogP contribution is 2.44. The molecule has 0 fully saturated rings. The summed E-state index contributed by atoms with van der Waals surface area (Å²) in [6, 6.07) is 16.1. The van der Waals surface area contributed by atoms with Gasteiger partial charge in [-0.1, -0.05) is 48.5 Å². The summed E-state index contributed by atoms with van der Waals surface area (Å²) in [5, 5.41) is 17.4. The van der Waals surface area contributed by atoms with Crippen molar-refractivity contribution in [2.24, 2.45) is 0 Å². The highest BCUT2D eigenvalue weighted by molar-refractivity contribution is 5.85. The molecule has 9 heteroatoms. The van der Waals surface area contributed by atoms with E-state index in [0.717, 1.165) is 22.3 Å². The second-order valence-corrected chi connectivity index (χ2v) is 7.05. The highest BCUT2D eigenvalue weighted by atomic mass is 16.5. The van der Waals surface area contributed by atoms with Crippen LogP contribution < -0.4 is 10.6 Å². The van der Waals surface area contributed by atoms with Crippen molar-refractivity contribution < 1.29 is 24.2 Å². The molecule has 0 aliphatic heterocycles. The molecule has 1 aliphatic rings. The maximum absolute atomic E-state index is 12.3. The molecule has 0 atom stereocenters. The molecular formula is C22H20N4O5. The van der Waals surface area contributed by atoms with E-state index in [4.69, 9.17) is 9.84 Å². The molecule has 3 N–H and O–H groups in total. The van der Waals surface area contributed by atoms with Gasteiger partial charge in [0.2, 0.25) is 5.91 Å². The van der Waals surface area contributed by atoms with Gasteiger partial charge >= 0.3 is 12.1 Å². The second-order valence-electron chi connectivity index (χ2n) is 7.05. The van der Waals surface area contributed by atoms with Gasteiger partial charge < -0.3 is 15.2 Å². The second kappa shape index (κ2) is 8.70. The zero-order valence-corrected chi connectivity index (χ0v) is 16.4. The number of ether oxygens (including phenoxy) is 1. The Kier molecular flexibility index (Phi) is 5.65. The Morgan fingerprint density at radius 1 is 1.03 bits per heavy atom. The predicted octanol–water partition coefficient (Wildman–Crippen LogP) is 2.44. The number of nitrogens with zero attached hydrogens (tertiary/aromatic N) is 2. The van der Waals surface area contributed by atoms with Crippen molar-refractivity contribution in [1.82, 2.24) is 15.1 Å². The first-order chi connectivity index (χ1) is 15.0. The molecule has 0 saturated carbocycles. The molecule has 2 aromatic carbocycles. The smallest absolute Gasteiger partial charge is 0.411 e. The van der Waals surface area contributed by atoms with Crippen LogP contribution in [0.15, 0.2) is 60.9 Å². The minimum absolute atomic E-state index is 0.0428. The normalized spacial score (nSPS) is 12.0. The number of rotatable bonds is 7. The van der Waals surface area contributed by atoms with Gasteiger partial charge in [-0.05, 0) is 22.3 Å². The average Bonchev–Trinajstić information content (AvgIpc) is 3.32. The maximum atomic E-state index is 12.3. The Labute approximate surface area is 177 Å². The van der Waals surface area contributed by atoms with Gasteiger partial charge in [0.25, 0.3) is 0 Å². The van der Waals surface area contributed by atoms with E-state index in [-0.39, 0.29) is 19.1 Å². The molecule has 0 saturated heterocycles. The third kappa shape index (κ3) is 4.55. The summed E-state index contributed by atoms with van der Waals surface area (Å²) in [5.74, 6) is -1.68. The van der Waals surface area contributed by atoms with Crippen LogP contribution in [0.2, 0.25) is 0 Å². The van der Waals surface area contributed by atoms with E-state index in [1.807, 2.05) is 36.4 Å². The molecule has 1 aromatic heterocycles. The molecule has 0 unspecified atom stereocenters. The molecule has 0 spiro atoms. The summed E-state index contributed by atoms with van der Waals surface area (Å²) < 4.78 is 6.76. The van der Waals surface area contributed by atoms with Gasteiger partial charge in [0.1, 0.15) is 19.7 Å². The Bertz CT molecular complexity index is 1090. The van der Waals surface area contributed by atoms with Crippen molar-refractivity contribution in [2.45, 2.75) is 12.5 Å². The molecular weight excluding hydrogens is 400 g/mol. The van der Waals surface area contributed by atoms with Crippen molar-refractivity contribution in [2.75, 3.05) is 18.5 Å². The lowest BCUT2D eigenvalue weighted by Crippen LogP contribution is -2.32. The van der Waals surface area contributed by atoms with Crippen molar-refractivity contribution >= 4 is 23.7 Å². The quantitative estimate of drug-likeness (QED) is 0.540. The van der Waals surface area contributed by atoms with Crippen LogP contribution in [0.1, 0.15) is 17.0 Å². The van der Waals surface area contributed by atoms with Crippen LogP contribution in [0.25, 0.3) is 11.1 Å². The molecule has 0 bridgehead atoms. The minimum atomic E-state index is -1.13. The number of anilines is 1. The van der Waals surface area contributed by atoms with Crippen LogP contribution in [0.4, 0.5) is 10.5 Å². The molecule has 9 nitrogen and oxygen atoms in total. The van der Waals surface area contributed by atoms with Crippen LogP contribution in [0, 0.1) is 0 Å². The monoisotopic (exact) mass is 420 g/mol. The van der Waals surface area contributed by atoms with Gasteiger partial charge in [0.15, 0.2) is 0 Å². The van der Waals surface area contributed by atoms with Crippen molar-refractivity contribution in [3.8, 4) is 11.1 Å². The van der Waals surface area contributed by atoms with Crippen molar-refractivity contribution in [3.05, 3.63) is 72.1 Å². The number of hydrogen-bond donors (Lipinski definition) is 3. The molecule has 3 aromatic rings. The van der Waals surface area contributed by atoms with E-state index in [2.05, 4.69) is 27.9 Å². The molecule has 1 aliphatic carbocycles. The molecule has 0 radical (unpaired) electrons. The molecule has 158 valence electrons. The van der Waals surface area contributed by atoms with Gasteiger partial charge in [0, 0.05) is 12.1 Å². The number of hydrogen-bond acceptors (Lipinski definition) is 5. The predicted molar refractivity (Wildman–Crippen MR) is 112 cm³/mol. The number of carboxylic acids is 1. The Hall–Kier alpha value is -4.14. The Morgan fingerprint density at radius 3 is 2.32 bits per heavy atom. The zero-order valence-electron chi connectivity index (χ0n) is 16.4. The molecule has 2 amide bonds. The minimum Gasteiger partial charge on any atom is -0.480 e. The lowest BCUT2D eigenvalue weighted by atomic mass is 9.98. The Balaban J connectivity index is 1.34. The molecule has 1 heterocycles. The van der Waals surface area contributed by atoms with Crippen molar-refractivity contribution in [3.63, 3.8) is 0 Å². The van der Waals surface area contributed by atoms with Crippen molar-refractivity contribution in [1.29, 1.82) is 0 Å². The van der Waals surface area contributed by atoms with Gasteiger partial charge in [-0.3, -0.25) is 19.6 Å². The average molecular weight is 420 g/mol. The number of aromatic nitrogens is 2. The first-order valence-corrected chi connectivity index (χ1v) is 9.64. The zero-order chi connectivity index (χ0) is 21.8. The first-order valence-electron chi connectivity index (χ1n) is 9.64. The number of aliphatic carboxylic acids is 1. The summed E-state index contributed by atoms with van der Waals surface area (Å²) in [4.78, 5) is 34.4. The molecule has 4 rings (SSSR count). The number of fused-ring (bicyclic) bond motifs is 3. The van der Waals surface area contributed by atoms with Crippen LogP contribution in [0.3, 0.4) is 0 Å². The van der Waals surface area contributed by atoms with E-state index in [1.165, 1.54) is 17.1 Å². The maximum Gasteiger partial charge on any atom is 0.411 e. The third-order valence-corrected chi connectivity index (χ3v) is 4.97. The Morgan fingerprint density at radius 2 is 1.68 bits per heavy atom. The number of nitrogens with one attached hydrogen (secondary N) is 2. The highest BCUT2D eigenvalue weighted by Gasteiger charge is 2.29. The first kappa shape index (κ1) is 20.1. The number of amides is 2. The fraction of sp³-hybridized carbons (Fsp3) is 0.182. The van der Waals surface area contributed by atoms with Crippen LogP contribution in [-0.4, -0.2) is 46.0 Å². The van der Waals surface area contributed by atoms with E-state index >= 15 is 0 Å². The SMILES string of the molecule is O=C(O)CNC(=O)Cn1cc(NC(=O)OCC2c3ccccc3-c3ccccc32)cn1. The fourth-order valence-corrected chi connectivity index (χ4v) is 3.64. The number of carbonyl (C=O) groups excluding carboxylic acids is 2. The lowest BCUT2D eigenvalue weighted by Gasteiger charge is -2.14. The summed E-state index contributed by atoms with van der Waals surface area (Å²) in [6.45, 7) is -0.448. The summed E-state index contributed by atoms with van der Waals surface area (Å²) >= 11 is 0.